The van der Waals surface area contributed by atoms with Gasteiger partial charge in [-0.1, -0.05) is 0 Å². The van der Waals surface area contributed by atoms with Crippen LogP contribution in [0.25, 0.3) is 10.2 Å². The van der Waals surface area contributed by atoms with Crippen LogP contribution < -0.4 is 10.1 Å². The van der Waals surface area contributed by atoms with Crippen LogP contribution in [0.1, 0.15) is 41.8 Å². The molecule has 10 nitrogen and oxygen atoms in total. The molecule has 3 rings (SSSR count). The van der Waals surface area contributed by atoms with E-state index in [9.17, 15) is 14.4 Å². The van der Waals surface area contributed by atoms with Crippen molar-refractivity contribution in [3.8, 4) is 5.88 Å². The van der Waals surface area contributed by atoms with Gasteiger partial charge in [0.1, 0.15) is 11.4 Å². The molecule has 0 saturated heterocycles. The Balaban J connectivity index is 2.02. The van der Waals surface area contributed by atoms with Crippen LogP contribution in [0, 0.1) is 6.92 Å². The second-order valence-corrected chi connectivity index (χ2v) is 7.55. The van der Waals surface area contributed by atoms with E-state index in [0.717, 1.165) is 0 Å². The Kier molecular flexibility index (Phi) is 7.01. The van der Waals surface area contributed by atoms with Crippen LogP contribution in [0.3, 0.4) is 0 Å². The molecule has 0 atom stereocenters. The van der Waals surface area contributed by atoms with Crippen LogP contribution in [-0.4, -0.2) is 56.3 Å². The summed E-state index contributed by atoms with van der Waals surface area (Å²) in [5, 5.41) is 3.34. The van der Waals surface area contributed by atoms with Gasteiger partial charge >= 0.3 is 11.9 Å². The van der Waals surface area contributed by atoms with E-state index in [2.05, 4.69) is 15.3 Å². The molecule has 0 aliphatic carbocycles. The summed E-state index contributed by atoms with van der Waals surface area (Å²) in [6.45, 7) is 1.96. The molecule has 11 heteroatoms. The van der Waals surface area contributed by atoms with E-state index in [1.54, 1.807) is 6.92 Å². The summed E-state index contributed by atoms with van der Waals surface area (Å²) in [7, 11) is 5.46. The maximum atomic E-state index is 13.1. The molecule has 0 aliphatic rings. The number of carbonyl (C=O) groups is 3. The molecule has 2 aromatic heterocycles. The van der Waals surface area contributed by atoms with Gasteiger partial charge in [0, 0.05) is 12.8 Å². The highest BCUT2D eigenvalue weighted by molar-refractivity contribution is 7.20. The number of aryl methyl sites for hydroxylation is 1. The maximum Gasteiger partial charge on any atom is 0.337 e. The minimum absolute atomic E-state index is 0.0931. The van der Waals surface area contributed by atoms with Gasteiger partial charge in [0.2, 0.25) is 5.88 Å². The number of thiophene rings is 1. The molecule has 0 fully saturated rings. The molecular formula is C21H21N3O7S. The molecule has 2 heterocycles. The van der Waals surface area contributed by atoms with Crippen LogP contribution in [0.15, 0.2) is 18.2 Å². The van der Waals surface area contributed by atoms with Crippen molar-refractivity contribution in [1.82, 2.24) is 9.97 Å². The number of nitrogens with one attached hydrogen (secondary N) is 1. The fraction of sp³-hybridized carbons (Fsp3) is 0.286. The van der Waals surface area contributed by atoms with Crippen molar-refractivity contribution in [2.45, 2.75) is 13.5 Å². The average molecular weight is 459 g/mol. The van der Waals surface area contributed by atoms with E-state index < -0.39 is 17.8 Å². The summed E-state index contributed by atoms with van der Waals surface area (Å²) < 4.78 is 19.9. The zero-order chi connectivity index (χ0) is 23.4. The van der Waals surface area contributed by atoms with E-state index >= 15 is 0 Å². The zero-order valence-electron chi connectivity index (χ0n) is 18.1. The standard InChI is InChI=1S/C21H21N3O7S/c1-10-15-18(29-3)23-14(9-28-2)24-19(15)32-16(10)17(25)22-13-7-11(20(26)30-4)6-12(8-13)21(27)31-5/h6-8H,9H2,1-5H3,(H,22,25). The third-order valence-corrected chi connectivity index (χ3v) is 5.69. The minimum atomic E-state index is -0.657. The SMILES string of the molecule is COCc1nc(OC)c2c(C)c(C(=O)Nc3cc(C(=O)OC)cc(C(=O)OC)c3)sc2n1. The summed E-state index contributed by atoms with van der Waals surface area (Å²) in [6.07, 6.45) is 0. The zero-order valence-corrected chi connectivity index (χ0v) is 18.9. The van der Waals surface area contributed by atoms with E-state index in [0.29, 0.717) is 32.4 Å². The van der Waals surface area contributed by atoms with Gasteiger partial charge in [-0.3, -0.25) is 4.79 Å². The van der Waals surface area contributed by atoms with Crippen molar-refractivity contribution >= 4 is 45.1 Å². The Morgan fingerprint density at radius 2 is 1.59 bits per heavy atom. The summed E-state index contributed by atoms with van der Waals surface area (Å²) in [5.41, 5.74) is 1.06. The van der Waals surface area contributed by atoms with E-state index in [1.165, 1.54) is 58.0 Å². The van der Waals surface area contributed by atoms with Crippen LogP contribution in [0.4, 0.5) is 5.69 Å². The highest BCUT2D eigenvalue weighted by Crippen LogP contribution is 2.35. The number of carbonyl (C=O) groups excluding carboxylic acids is 3. The molecule has 0 bridgehead atoms. The molecule has 1 N–H and O–H groups in total. The molecule has 3 aromatic rings. The van der Waals surface area contributed by atoms with Gasteiger partial charge in [-0.25, -0.2) is 14.6 Å². The second kappa shape index (κ2) is 9.71. The molecule has 0 spiro atoms. The predicted molar refractivity (Wildman–Crippen MR) is 116 cm³/mol. The van der Waals surface area contributed by atoms with E-state index in [-0.39, 0.29) is 23.4 Å². The lowest BCUT2D eigenvalue weighted by molar-refractivity contribution is 0.0599. The van der Waals surface area contributed by atoms with Gasteiger partial charge in [0.05, 0.1) is 42.7 Å². The van der Waals surface area contributed by atoms with Crippen LogP contribution in [-0.2, 0) is 20.8 Å². The smallest absolute Gasteiger partial charge is 0.337 e. The summed E-state index contributed by atoms with van der Waals surface area (Å²) in [6, 6.07) is 4.15. The first kappa shape index (κ1) is 23.1. The third kappa shape index (κ3) is 4.53. The molecule has 168 valence electrons. The molecular weight excluding hydrogens is 438 g/mol. The second-order valence-electron chi connectivity index (χ2n) is 6.55. The van der Waals surface area contributed by atoms with Gasteiger partial charge in [-0.15, -0.1) is 11.3 Å². The number of hydrogen-bond donors (Lipinski definition) is 1. The van der Waals surface area contributed by atoms with Crippen molar-refractivity contribution in [1.29, 1.82) is 0 Å². The van der Waals surface area contributed by atoms with Crippen LogP contribution >= 0.6 is 11.3 Å². The minimum Gasteiger partial charge on any atom is -0.480 e. The topological polar surface area (TPSA) is 126 Å². The molecule has 32 heavy (non-hydrogen) atoms. The van der Waals surface area contributed by atoms with Crippen molar-refractivity contribution in [2.24, 2.45) is 0 Å². The van der Waals surface area contributed by atoms with Gasteiger partial charge < -0.3 is 24.3 Å². The number of methoxy groups -OCH3 is 4. The molecule has 1 aromatic carbocycles. The fourth-order valence-corrected chi connectivity index (χ4v) is 4.15. The van der Waals surface area contributed by atoms with Crippen LogP contribution in [0.5, 0.6) is 5.88 Å². The lowest BCUT2D eigenvalue weighted by Gasteiger charge is -2.09. The maximum absolute atomic E-state index is 13.1. The predicted octanol–water partition coefficient (Wildman–Crippen LogP) is 2.98. The number of esters is 2. The Morgan fingerprint density at radius 3 is 2.12 bits per heavy atom. The van der Waals surface area contributed by atoms with Crippen molar-refractivity contribution in [3.63, 3.8) is 0 Å². The quantitative estimate of drug-likeness (QED) is 0.531. The Morgan fingerprint density at radius 1 is 0.969 bits per heavy atom. The molecule has 0 unspecified atom stereocenters. The fourth-order valence-electron chi connectivity index (χ4n) is 3.06. The van der Waals surface area contributed by atoms with Crippen molar-refractivity contribution in [3.05, 3.63) is 45.6 Å². The molecule has 1 amide bonds. The first-order valence-corrected chi connectivity index (χ1v) is 10.1. The number of anilines is 1. The number of benzene rings is 1. The Hall–Kier alpha value is -3.57. The third-order valence-electron chi connectivity index (χ3n) is 4.51. The average Bonchev–Trinajstić information content (AvgIpc) is 3.13. The highest BCUT2D eigenvalue weighted by Gasteiger charge is 2.22. The van der Waals surface area contributed by atoms with Gasteiger partial charge in [-0.05, 0) is 30.7 Å². The lowest BCUT2D eigenvalue weighted by atomic mass is 10.1. The number of nitrogens with zero attached hydrogens (tertiary/aromatic N) is 2. The summed E-state index contributed by atoms with van der Waals surface area (Å²) in [5.74, 6) is -0.988. The first-order valence-electron chi connectivity index (χ1n) is 9.28. The van der Waals surface area contributed by atoms with Crippen molar-refractivity contribution < 1.29 is 33.3 Å². The first-order chi connectivity index (χ1) is 15.3. The highest BCUT2D eigenvalue weighted by atomic mass is 32.1. The lowest BCUT2D eigenvalue weighted by Crippen LogP contribution is -2.14. The Labute approximate surface area is 187 Å². The number of aromatic nitrogens is 2. The van der Waals surface area contributed by atoms with Gasteiger partial charge in [-0.2, -0.15) is 4.98 Å². The Bertz CT molecular complexity index is 1170. The largest absolute Gasteiger partial charge is 0.480 e. The summed E-state index contributed by atoms with van der Waals surface area (Å²) >= 11 is 1.17. The number of ether oxygens (including phenoxy) is 4. The van der Waals surface area contributed by atoms with Crippen LogP contribution in [0.2, 0.25) is 0 Å². The van der Waals surface area contributed by atoms with E-state index in [4.69, 9.17) is 18.9 Å². The molecule has 0 aliphatic heterocycles. The van der Waals surface area contributed by atoms with Gasteiger partial charge in [0.25, 0.3) is 5.91 Å². The number of amides is 1. The number of hydrogen-bond acceptors (Lipinski definition) is 10. The monoisotopic (exact) mass is 459 g/mol. The normalized spacial score (nSPS) is 10.7. The number of fused-ring (bicyclic) bond motifs is 1. The molecule has 0 saturated carbocycles. The molecule has 0 radical (unpaired) electrons. The van der Waals surface area contributed by atoms with Gasteiger partial charge in [0.15, 0.2) is 5.82 Å². The summed E-state index contributed by atoms with van der Waals surface area (Å²) in [4.78, 5) is 46.8. The van der Waals surface area contributed by atoms with E-state index in [1.807, 2.05) is 0 Å². The van der Waals surface area contributed by atoms with Crippen molar-refractivity contribution in [2.75, 3.05) is 33.8 Å². The number of rotatable bonds is 7.